The molecule has 1 aliphatic carbocycles. The molecule has 4 heteroatoms. The van der Waals surface area contributed by atoms with E-state index in [2.05, 4.69) is 0 Å². The van der Waals surface area contributed by atoms with Crippen LogP contribution in [0.4, 0.5) is 13.2 Å². The van der Waals surface area contributed by atoms with Gasteiger partial charge in [0.2, 0.25) is 0 Å². The SMILES string of the molecule is O[C@H]1CCCC[C@H]1C(F)(F)F. The first-order valence-corrected chi connectivity index (χ1v) is 3.76. The topological polar surface area (TPSA) is 20.2 Å². The van der Waals surface area contributed by atoms with Crippen molar-refractivity contribution >= 4 is 0 Å². The maximum absolute atomic E-state index is 12.0. The van der Waals surface area contributed by atoms with Crippen LogP contribution in [0.25, 0.3) is 0 Å². The molecule has 0 aromatic rings. The molecule has 0 amide bonds. The molecule has 1 aliphatic rings. The van der Waals surface area contributed by atoms with Gasteiger partial charge < -0.3 is 5.11 Å². The average molecular weight is 168 g/mol. The van der Waals surface area contributed by atoms with E-state index in [9.17, 15) is 13.2 Å². The van der Waals surface area contributed by atoms with E-state index in [-0.39, 0.29) is 6.42 Å². The summed E-state index contributed by atoms with van der Waals surface area (Å²) in [5.41, 5.74) is 0. The van der Waals surface area contributed by atoms with Gasteiger partial charge in [-0.05, 0) is 12.8 Å². The Morgan fingerprint density at radius 1 is 1.09 bits per heavy atom. The predicted molar refractivity (Wildman–Crippen MR) is 34.0 cm³/mol. The van der Waals surface area contributed by atoms with Crippen LogP contribution in [0, 0.1) is 5.92 Å². The minimum Gasteiger partial charge on any atom is -0.392 e. The fourth-order valence-corrected chi connectivity index (χ4v) is 1.49. The lowest BCUT2D eigenvalue weighted by Gasteiger charge is -2.29. The van der Waals surface area contributed by atoms with Gasteiger partial charge in [-0.3, -0.25) is 0 Å². The highest BCUT2D eigenvalue weighted by molar-refractivity contribution is 4.79. The Labute approximate surface area is 63.2 Å². The molecule has 1 rings (SSSR count). The van der Waals surface area contributed by atoms with Crippen LogP contribution in [-0.2, 0) is 0 Å². The van der Waals surface area contributed by atoms with Gasteiger partial charge in [0.05, 0.1) is 12.0 Å². The maximum atomic E-state index is 12.0. The fourth-order valence-electron chi connectivity index (χ4n) is 1.49. The lowest BCUT2D eigenvalue weighted by atomic mass is 9.86. The van der Waals surface area contributed by atoms with Crippen molar-refractivity contribution in [3.63, 3.8) is 0 Å². The van der Waals surface area contributed by atoms with E-state index in [0.29, 0.717) is 19.3 Å². The summed E-state index contributed by atoms with van der Waals surface area (Å²) in [5, 5.41) is 8.98. The number of hydrogen-bond acceptors (Lipinski definition) is 1. The Kier molecular flexibility index (Phi) is 2.42. The van der Waals surface area contributed by atoms with Gasteiger partial charge in [-0.2, -0.15) is 13.2 Å². The number of halogens is 3. The van der Waals surface area contributed by atoms with E-state index in [0.717, 1.165) is 0 Å². The standard InChI is InChI=1S/C7H11F3O/c8-7(9,10)5-3-1-2-4-6(5)11/h5-6,11H,1-4H2/t5-,6+/m1/s1. The van der Waals surface area contributed by atoms with Crippen LogP contribution in [0.2, 0.25) is 0 Å². The molecule has 0 aromatic heterocycles. The molecule has 0 heterocycles. The van der Waals surface area contributed by atoms with E-state index in [1.54, 1.807) is 0 Å². The van der Waals surface area contributed by atoms with E-state index in [1.165, 1.54) is 0 Å². The van der Waals surface area contributed by atoms with E-state index >= 15 is 0 Å². The summed E-state index contributed by atoms with van der Waals surface area (Å²) in [6.07, 6.45) is -3.69. The van der Waals surface area contributed by atoms with Gasteiger partial charge in [0.15, 0.2) is 0 Å². The van der Waals surface area contributed by atoms with Gasteiger partial charge >= 0.3 is 6.18 Å². The van der Waals surface area contributed by atoms with Gasteiger partial charge in [0, 0.05) is 0 Å². The molecular formula is C7H11F3O. The Hall–Kier alpha value is -0.250. The summed E-state index contributed by atoms with van der Waals surface area (Å²) in [4.78, 5) is 0. The molecular weight excluding hydrogens is 157 g/mol. The van der Waals surface area contributed by atoms with Crippen LogP contribution >= 0.6 is 0 Å². The van der Waals surface area contributed by atoms with Crippen molar-refractivity contribution in [1.29, 1.82) is 0 Å². The third kappa shape index (κ3) is 2.09. The molecule has 11 heavy (non-hydrogen) atoms. The lowest BCUT2D eigenvalue weighted by Crippen LogP contribution is -2.36. The molecule has 0 bridgehead atoms. The molecule has 1 nitrogen and oxygen atoms in total. The first-order valence-electron chi connectivity index (χ1n) is 3.76. The third-order valence-corrected chi connectivity index (χ3v) is 2.15. The summed E-state index contributed by atoms with van der Waals surface area (Å²) < 4.78 is 36.1. The Morgan fingerprint density at radius 3 is 2.00 bits per heavy atom. The first-order chi connectivity index (χ1) is 5.02. The highest BCUT2D eigenvalue weighted by Crippen LogP contribution is 2.37. The number of aliphatic hydroxyl groups excluding tert-OH is 1. The van der Waals surface area contributed by atoms with Crippen LogP contribution < -0.4 is 0 Å². The zero-order valence-electron chi connectivity index (χ0n) is 6.06. The van der Waals surface area contributed by atoms with Gasteiger partial charge in [0.1, 0.15) is 0 Å². The van der Waals surface area contributed by atoms with Crippen molar-refractivity contribution in [2.45, 2.75) is 38.0 Å². The largest absolute Gasteiger partial charge is 0.394 e. The van der Waals surface area contributed by atoms with Gasteiger partial charge in [0.25, 0.3) is 0 Å². The molecule has 0 unspecified atom stereocenters. The van der Waals surface area contributed by atoms with Crippen molar-refractivity contribution in [1.82, 2.24) is 0 Å². The number of alkyl halides is 3. The zero-order valence-corrected chi connectivity index (χ0v) is 6.06. The molecule has 0 saturated heterocycles. The van der Waals surface area contributed by atoms with Crippen LogP contribution in [0.15, 0.2) is 0 Å². The normalized spacial score (nSPS) is 33.8. The van der Waals surface area contributed by atoms with E-state index < -0.39 is 18.2 Å². The molecule has 0 aliphatic heterocycles. The maximum Gasteiger partial charge on any atom is 0.394 e. The Morgan fingerprint density at radius 2 is 1.64 bits per heavy atom. The second-order valence-electron chi connectivity index (χ2n) is 3.00. The number of hydrogen-bond donors (Lipinski definition) is 1. The highest BCUT2D eigenvalue weighted by atomic mass is 19.4. The van der Waals surface area contributed by atoms with Crippen molar-refractivity contribution in [3.05, 3.63) is 0 Å². The lowest BCUT2D eigenvalue weighted by molar-refractivity contribution is -0.207. The van der Waals surface area contributed by atoms with Crippen LogP contribution in [0.5, 0.6) is 0 Å². The second-order valence-corrected chi connectivity index (χ2v) is 3.00. The molecule has 0 radical (unpaired) electrons. The predicted octanol–water partition coefficient (Wildman–Crippen LogP) is 2.10. The van der Waals surface area contributed by atoms with Crippen molar-refractivity contribution in [2.75, 3.05) is 0 Å². The van der Waals surface area contributed by atoms with Crippen LogP contribution in [0.1, 0.15) is 25.7 Å². The first kappa shape index (κ1) is 8.84. The summed E-state index contributed by atoms with van der Waals surface area (Å²) in [6, 6.07) is 0. The summed E-state index contributed by atoms with van der Waals surface area (Å²) in [7, 11) is 0. The molecule has 0 aromatic carbocycles. The summed E-state index contributed by atoms with van der Waals surface area (Å²) in [5.74, 6) is -1.48. The van der Waals surface area contributed by atoms with Gasteiger partial charge in [-0.25, -0.2) is 0 Å². The molecule has 2 atom stereocenters. The smallest absolute Gasteiger partial charge is 0.392 e. The van der Waals surface area contributed by atoms with E-state index in [4.69, 9.17) is 5.11 Å². The molecule has 1 N–H and O–H groups in total. The molecule has 66 valence electrons. The molecule has 1 fully saturated rings. The average Bonchev–Trinajstić information content (AvgIpc) is 1.86. The van der Waals surface area contributed by atoms with Crippen LogP contribution in [0.3, 0.4) is 0 Å². The van der Waals surface area contributed by atoms with Crippen molar-refractivity contribution in [3.8, 4) is 0 Å². The van der Waals surface area contributed by atoms with Crippen molar-refractivity contribution < 1.29 is 18.3 Å². The molecule has 1 saturated carbocycles. The molecule has 0 spiro atoms. The Bertz CT molecular complexity index is 132. The summed E-state index contributed by atoms with van der Waals surface area (Å²) in [6.45, 7) is 0. The quantitative estimate of drug-likeness (QED) is 0.587. The van der Waals surface area contributed by atoms with Crippen LogP contribution in [-0.4, -0.2) is 17.4 Å². The van der Waals surface area contributed by atoms with Gasteiger partial charge in [-0.1, -0.05) is 12.8 Å². The monoisotopic (exact) mass is 168 g/mol. The number of rotatable bonds is 0. The minimum absolute atomic E-state index is 0.0880. The summed E-state index contributed by atoms with van der Waals surface area (Å²) >= 11 is 0. The Balaban J connectivity index is 2.55. The zero-order chi connectivity index (χ0) is 8.48. The highest BCUT2D eigenvalue weighted by Gasteiger charge is 2.44. The van der Waals surface area contributed by atoms with Gasteiger partial charge in [-0.15, -0.1) is 0 Å². The van der Waals surface area contributed by atoms with Crippen molar-refractivity contribution in [2.24, 2.45) is 5.92 Å². The van der Waals surface area contributed by atoms with E-state index in [1.807, 2.05) is 0 Å². The second kappa shape index (κ2) is 3.01. The third-order valence-electron chi connectivity index (χ3n) is 2.15. The number of aliphatic hydroxyl groups is 1. The fraction of sp³-hybridized carbons (Fsp3) is 1.00. The minimum atomic E-state index is -4.21.